The summed E-state index contributed by atoms with van der Waals surface area (Å²) in [7, 11) is -4.13. The van der Waals surface area contributed by atoms with Crippen molar-refractivity contribution in [3.8, 4) is 0 Å². The number of hydrogen-bond donors (Lipinski definition) is 1. The molecule has 1 N–H and O–H groups in total. The van der Waals surface area contributed by atoms with E-state index in [9.17, 15) is 18.0 Å². The Bertz CT molecular complexity index is 1640. The zero-order valence-corrected chi connectivity index (χ0v) is 27.6. The van der Waals surface area contributed by atoms with Crippen LogP contribution in [-0.4, -0.2) is 44.3 Å². The van der Waals surface area contributed by atoms with Gasteiger partial charge >= 0.3 is 0 Å². The van der Waals surface area contributed by atoms with E-state index in [0.29, 0.717) is 12.2 Å². The van der Waals surface area contributed by atoms with Gasteiger partial charge in [-0.05, 0) is 78.9 Å². The van der Waals surface area contributed by atoms with Gasteiger partial charge in [-0.3, -0.25) is 13.9 Å². The molecule has 2 amide bonds. The van der Waals surface area contributed by atoms with Crippen LogP contribution < -0.4 is 9.62 Å². The molecule has 9 heteroatoms. The molecule has 0 unspecified atom stereocenters. The van der Waals surface area contributed by atoms with Crippen LogP contribution in [-0.2, 0) is 32.6 Å². The highest BCUT2D eigenvalue weighted by Gasteiger charge is 2.34. The number of sulfonamides is 1. The molecule has 44 heavy (non-hydrogen) atoms. The van der Waals surface area contributed by atoms with Crippen molar-refractivity contribution < 1.29 is 18.0 Å². The van der Waals surface area contributed by atoms with Crippen LogP contribution in [0.15, 0.2) is 112 Å². The number of halogens is 1. The highest BCUT2D eigenvalue weighted by molar-refractivity contribution is 9.10. The van der Waals surface area contributed by atoms with E-state index in [1.807, 2.05) is 81.4 Å². The molecular formula is C35H38BrN3O4S. The first-order valence-electron chi connectivity index (χ1n) is 14.6. The fraction of sp³-hybridized carbons (Fsp3) is 0.257. The fourth-order valence-electron chi connectivity index (χ4n) is 5.05. The van der Waals surface area contributed by atoms with E-state index in [2.05, 4.69) is 21.2 Å². The third kappa shape index (κ3) is 8.57. The van der Waals surface area contributed by atoms with E-state index in [-0.39, 0.29) is 23.8 Å². The van der Waals surface area contributed by atoms with Gasteiger partial charge in [-0.1, -0.05) is 89.6 Å². The van der Waals surface area contributed by atoms with Crippen molar-refractivity contribution in [1.29, 1.82) is 0 Å². The molecule has 0 fully saturated rings. The van der Waals surface area contributed by atoms with Crippen LogP contribution in [0.25, 0.3) is 0 Å². The predicted octanol–water partition coefficient (Wildman–Crippen LogP) is 6.43. The molecule has 0 radical (unpaired) electrons. The molecule has 0 heterocycles. The molecule has 0 spiro atoms. The lowest BCUT2D eigenvalue weighted by molar-refractivity contribution is -0.140. The number of nitrogens with zero attached hydrogens (tertiary/aromatic N) is 2. The lowest BCUT2D eigenvalue weighted by Gasteiger charge is -2.34. The second kappa shape index (κ2) is 15.2. The Balaban J connectivity index is 1.81. The minimum absolute atomic E-state index is 0.0768. The maximum Gasteiger partial charge on any atom is 0.264 e. The van der Waals surface area contributed by atoms with Gasteiger partial charge in [-0.15, -0.1) is 0 Å². The Hall–Kier alpha value is -3.95. The summed E-state index contributed by atoms with van der Waals surface area (Å²) >= 11 is 3.46. The number of nitrogens with one attached hydrogen (secondary N) is 1. The predicted molar refractivity (Wildman–Crippen MR) is 179 cm³/mol. The van der Waals surface area contributed by atoms with E-state index < -0.39 is 28.5 Å². The third-order valence-corrected chi connectivity index (χ3v) is 9.51. The fourth-order valence-corrected chi connectivity index (χ4v) is 6.73. The van der Waals surface area contributed by atoms with Gasteiger partial charge in [-0.25, -0.2) is 8.42 Å². The van der Waals surface area contributed by atoms with E-state index in [0.717, 1.165) is 37.5 Å². The van der Waals surface area contributed by atoms with Crippen molar-refractivity contribution in [2.24, 2.45) is 0 Å². The monoisotopic (exact) mass is 675 g/mol. The van der Waals surface area contributed by atoms with Gasteiger partial charge in [0.15, 0.2) is 0 Å². The Morgan fingerprint density at radius 3 is 2.00 bits per heavy atom. The van der Waals surface area contributed by atoms with Crippen LogP contribution in [0.2, 0.25) is 0 Å². The highest BCUT2D eigenvalue weighted by Crippen LogP contribution is 2.27. The van der Waals surface area contributed by atoms with Crippen LogP contribution in [0, 0.1) is 13.8 Å². The van der Waals surface area contributed by atoms with Crippen molar-refractivity contribution in [3.63, 3.8) is 0 Å². The maximum atomic E-state index is 14.5. The maximum absolute atomic E-state index is 14.5. The third-order valence-electron chi connectivity index (χ3n) is 7.19. The zero-order chi connectivity index (χ0) is 31.7. The minimum atomic E-state index is -4.13. The van der Waals surface area contributed by atoms with Gasteiger partial charge in [0, 0.05) is 24.0 Å². The summed E-state index contributed by atoms with van der Waals surface area (Å²) in [5.41, 5.74) is 3.83. The highest BCUT2D eigenvalue weighted by atomic mass is 79.9. The number of carbonyl (C=O) groups excluding carboxylic acids is 2. The smallest absolute Gasteiger partial charge is 0.264 e. The molecule has 0 bridgehead atoms. The Morgan fingerprint density at radius 2 is 1.41 bits per heavy atom. The second-order valence-corrected chi connectivity index (χ2v) is 13.6. The molecule has 0 aromatic heterocycles. The van der Waals surface area contributed by atoms with Gasteiger partial charge in [0.2, 0.25) is 11.8 Å². The van der Waals surface area contributed by atoms with E-state index >= 15 is 0 Å². The molecule has 4 rings (SSSR count). The van der Waals surface area contributed by atoms with Crippen molar-refractivity contribution in [2.45, 2.75) is 51.1 Å². The Morgan fingerprint density at radius 1 is 0.818 bits per heavy atom. The lowest BCUT2D eigenvalue weighted by atomic mass is 10.0. The lowest BCUT2D eigenvalue weighted by Crippen LogP contribution is -2.53. The van der Waals surface area contributed by atoms with Crippen molar-refractivity contribution in [2.75, 3.05) is 17.4 Å². The van der Waals surface area contributed by atoms with E-state index in [1.165, 1.54) is 17.0 Å². The van der Waals surface area contributed by atoms with Crippen molar-refractivity contribution >= 4 is 43.5 Å². The summed E-state index contributed by atoms with van der Waals surface area (Å²) < 4.78 is 30.3. The quantitative estimate of drug-likeness (QED) is 0.177. The average Bonchev–Trinajstić information content (AvgIpc) is 3.01. The molecule has 0 saturated carbocycles. The number of benzene rings is 4. The van der Waals surface area contributed by atoms with Gasteiger partial charge in [0.05, 0.1) is 10.6 Å². The van der Waals surface area contributed by atoms with Crippen LogP contribution in [0.1, 0.15) is 35.6 Å². The summed E-state index contributed by atoms with van der Waals surface area (Å²) in [4.78, 5) is 29.8. The molecule has 0 aliphatic carbocycles. The molecule has 1 atom stereocenters. The Labute approximate surface area is 269 Å². The molecule has 4 aromatic carbocycles. The number of anilines is 1. The molecule has 0 aliphatic heterocycles. The first-order valence-corrected chi connectivity index (χ1v) is 16.8. The summed E-state index contributed by atoms with van der Waals surface area (Å²) in [5.74, 6) is -0.774. The molecule has 4 aromatic rings. The second-order valence-electron chi connectivity index (χ2n) is 10.8. The van der Waals surface area contributed by atoms with Gasteiger partial charge in [0.25, 0.3) is 10.0 Å². The van der Waals surface area contributed by atoms with Crippen LogP contribution in [0.5, 0.6) is 0 Å². The largest absolute Gasteiger partial charge is 0.354 e. The minimum Gasteiger partial charge on any atom is -0.354 e. The van der Waals surface area contributed by atoms with Crippen LogP contribution >= 0.6 is 15.9 Å². The topological polar surface area (TPSA) is 86.8 Å². The summed E-state index contributed by atoms with van der Waals surface area (Å²) in [6.07, 6.45) is 1.01. The molecule has 0 saturated heterocycles. The SMILES string of the molecule is CCCNC(=O)[C@H](Cc1ccccc1)N(Cc1ccc(Br)cc1)C(=O)CN(c1cc(C)cc(C)c1)S(=O)(=O)c1ccccc1. The first-order chi connectivity index (χ1) is 21.1. The summed E-state index contributed by atoms with van der Waals surface area (Å²) in [6.45, 7) is 5.84. The zero-order valence-electron chi connectivity index (χ0n) is 25.2. The molecular weight excluding hydrogens is 638 g/mol. The van der Waals surface area contributed by atoms with Gasteiger partial charge < -0.3 is 10.2 Å². The number of carbonyl (C=O) groups is 2. The van der Waals surface area contributed by atoms with E-state index in [4.69, 9.17) is 0 Å². The number of rotatable bonds is 13. The van der Waals surface area contributed by atoms with Gasteiger partial charge in [0.1, 0.15) is 12.6 Å². The summed E-state index contributed by atoms with van der Waals surface area (Å²) in [5, 5.41) is 2.97. The first kappa shape index (κ1) is 33.0. The van der Waals surface area contributed by atoms with Crippen LogP contribution in [0.3, 0.4) is 0 Å². The van der Waals surface area contributed by atoms with Crippen molar-refractivity contribution in [3.05, 3.63) is 130 Å². The van der Waals surface area contributed by atoms with Gasteiger partial charge in [-0.2, -0.15) is 0 Å². The van der Waals surface area contributed by atoms with Crippen molar-refractivity contribution in [1.82, 2.24) is 10.2 Å². The number of aryl methyl sites for hydroxylation is 2. The summed E-state index contributed by atoms with van der Waals surface area (Å²) in [6, 6.07) is 29.7. The normalized spacial score (nSPS) is 11.9. The van der Waals surface area contributed by atoms with E-state index in [1.54, 1.807) is 30.3 Å². The molecule has 230 valence electrons. The molecule has 7 nitrogen and oxygen atoms in total. The standard InChI is InChI=1S/C35H38BrN3O4S/c1-4-19-37-35(41)33(23-28-11-7-5-8-12-28)38(24-29-15-17-30(36)18-16-29)34(40)25-39(31-21-26(2)20-27(3)22-31)44(42,43)32-13-9-6-10-14-32/h5-18,20-22,33H,4,19,23-25H2,1-3H3,(H,37,41)/t33-/m0/s1. The number of hydrogen-bond acceptors (Lipinski definition) is 4. The molecule has 0 aliphatic rings. The van der Waals surface area contributed by atoms with Crippen LogP contribution in [0.4, 0.5) is 5.69 Å². The Kier molecular flexibility index (Phi) is 11.4. The number of amides is 2. The average molecular weight is 677 g/mol.